The minimum atomic E-state index is -1.10. The summed E-state index contributed by atoms with van der Waals surface area (Å²) in [6.07, 6.45) is 0.812. The van der Waals surface area contributed by atoms with Crippen LogP contribution in [0.4, 0.5) is 10.5 Å². The molecule has 0 saturated carbocycles. The molecule has 0 spiro atoms. The van der Waals surface area contributed by atoms with Gasteiger partial charge >= 0.3 is 6.03 Å². The van der Waals surface area contributed by atoms with Crippen molar-refractivity contribution < 1.29 is 14.4 Å². The first-order valence-electron chi connectivity index (χ1n) is 7.91. The van der Waals surface area contributed by atoms with Crippen molar-refractivity contribution in [3.8, 4) is 0 Å². The molecule has 1 aromatic rings. The van der Waals surface area contributed by atoms with Crippen LogP contribution >= 0.6 is 11.6 Å². The second-order valence-electron chi connectivity index (χ2n) is 6.06. The van der Waals surface area contributed by atoms with Gasteiger partial charge in [-0.25, -0.2) is 9.69 Å². The van der Waals surface area contributed by atoms with Crippen LogP contribution in [0.1, 0.15) is 13.3 Å². The van der Waals surface area contributed by atoms with Crippen LogP contribution in [0.2, 0.25) is 5.02 Å². The molecule has 1 aromatic carbocycles. The van der Waals surface area contributed by atoms with E-state index in [2.05, 4.69) is 10.3 Å². The van der Waals surface area contributed by atoms with Crippen molar-refractivity contribution in [3.05, 3.63) is 29.3 Å². The smallest absolute Gasteiger partial charge is 0.309 e. The van der Waals surface area contributed by atoms with Gasteiger partial charge in [0, 0.05) is 17.3 Å². The van der Waals surface area contributed by atoms with Gasteiger partial charge in [-0.3, -0.25) is 19.9 Å². The fraction of sp³-hybridized carbons (Fsp3) is 0.412. The summed E-state index contributed by atoms with van der Waals surface area (Å²) < 4.78 is 0. The molecular formula is C17H21ClN4O3. The van der Waals surface area contributed by atoms with E-state index in [-0.39, 0.29) is 0 Å². The molecule has 2 rings (SSSR count). The van der Waals surface area contributed by atoms with Gasteiger partial charge < -0.3 is 4.90 Å². The lowest BCUT2D eigenvalue weighted by molar-refractivity contribution is -0.131. The van der Waals surface area contributed by atoms with E-state index in [0.717, 1.165) is 17.9 Å². The van der Waals surface area contributed by atoms with Gasteiger partial charge in [0.1, 0.15) is 0 Å². The Hall–Kier alpha value is -2.25. The summed E-state index contributed by atoms with van der Waals surface area (Å²) in [6, 6.07) is 5.48. The Bertz CT molecular complexity index is 700. The minimum Gasteiger partial charge on any atom is -0.309 e. The summed E-state index contributed by atoms with van der Waals surface area (Å²) in [5.41, 5.74) is 0.748. The summed E-state index contributed by atoms with van der Waals surface area (Å²) in [7, 11) is 3.93. The number of amides is 4. The van der Waals surface area contributed by atoms with Gasteiger partial charge in [-0.05, 0) is 58.3 Å². The predicted octanol–water partition coefficient (Wildman–Crippen LogP) is 1.95. The van der Waals surface area contributed by atoms with E-state index < -0.39 is 23.8 Å². The molecule has 1 N–H and O–H groups in total. The second kappa shape index (κ2) is 8.22. The molecule has 1 heterocycles. The van der Waals surface area contributed by atoms with Gasteiger partial charge in [-0.15, -0.1) is 0 Å². The van der Waals surface area contributed by atoms with E-state index in [0.29, 0.717) is 23.0 Å². The standard InChI is InChI=1S/C17H21ClN4O3/c1-11(19-9-4-10-21(2)3)14-15(23)20-17(25)22(16(14)24)13-7-5-12(18)6-8-13/h5-8,14H,4,9-10H2,1-3H3,(H,20,23,25). The number of aliphatic imine (C=N–C) groups is 1. The lowest BCUT2D eigenvalue weighted by Gasteiger charge is -2.30. The van der Waals surface area contributed by atoms with Crippen LogP contribution in [0.25, 0.3) is 0 Å². The maximum absolute atomic E-state index is 12.7. The Balaban J connectivity index is 2.19. The molecule has 25 heavy (non-hydrogen) atoms. The first-order valence-corrected chi connectivity index (χ1v) is 8.29. The zero-order valence-electron chi connectivity index (χ0n) is 14.5. The summed E-state index contributed by atoms with van der Waals surface area (Å²) >= 11 is 5.84. The molecule has 1 atom stereocenters. The Kier molecular flexibility index (Phi) is 6.27. The molecule has 8 heteroatoms. The third kappa shape index (κ3) is 4.64. The van der Waals surface area contributed by atoms with Gasteiger partial charge in [0.25, 0.3) is 5.91 Å². The highest BCUT2D eigenvalue weighted by Crippen LogP contribution is 2.23. The largest absolute Gasteiger partial charge is 0.335 e. The summed E-state index contributed by atoms with van der Waals surface area (Å²) in [5, 5.41) is 2.70. The van der Waals surface area contributed by atoms with E-state index >= 15 is 0 Å². The number of halogens is 1. The van der Waals surface area contributed by atoms with Crippen LogP contribution < -0.4 is 10.2 Å². The molecule has 1 aliphatic heterocycles. The maximum Gasteiger partial charge on any atom is 0.335 e. The monoisotopic (exact) mass is 364 g/mol. The van der Waals surface area contributed by atoms with Crippen molar-refractivity contribution in [2.45, 2.75) is 13.3 Å². The van der Waals surface area contributed by atoms with Crippen molar-refractivity contribution in [1.82, 2.24) is 10.2 Å². The minimum absolute atomic E-state index is 0.352. The quantitative estimate of drug-likeness (QED) is 0.475. The average Bonchev–Trinajstić information content (AvgIpc) is 2.52. The SMILES string of the molecule is CC(=NCCCN(C)C)C1C(=O)NC(=O)N(c2ccc(Cl)cc2)C1=O. The predicted molar refractivity (Wildman–Crippen MR) is 97.1 cm³/mol. The zero-order chi connectivity index (χ0) is 18.6. The lowest BCUT2D eigenvalue weighted by Crippen LogP contribution is -2.60. The fourth-order valence-corrected chi connectivity index (χ4v) is 2.64. The molecule has 1 unspecified atom stereocenters. The maximum atomic E-state index is 12.7. The van der Waals surface area contributed by atoms with Crippen LogP contribution in [0.5, 0.6) is 0 Å². The van der Waals surface area contributed by atoms with Gasteiger partial charge in [-0.1, -0.05) is 11.6 Å². The topological polar surface area (TPSA) is 82.1 Å². The molecule has 0 aromatic heterocycles. The number of nitrogens with one attached hydrogen (secondary N) is 1. The number of urea groups is 1. The first kappa shape index (κ1) is 19.1. The van der Waals surface area contributed by atoms with Gasteiger partial charge in [0.05, 0.1) is 5.69 Å². The van der Waals surface area contributed by atoms with E-state index in [9.17, 15) is 14.4 Å². The summed E-state index contributed by atoms with van der Waals surface area (Å²) in [6.45, 7) is 3.00. The van der Waals surface area contributed by atoms with E-state index in [4.69, 9.17) is 11.6 Å². The summed E-state index contributed by atoms with van der Waals surface area (Å²) in [5.74, 6) is -2.35. The highest BCUT2D eigenvalue weighted by Gasteiger charge is 2.42. The van der Waals surface area contributed by atoms with Gasteiger partial charge in [-0.2, -0.15) is 0 Å². The Labute approximate surface area is 151 Å². The number of carbonyl (C=O) groups is 3. The molecule has 7 nitrogen and oxygen atoms in total. The number of nitrogens with zero attached hydrogens (tertiary/aromatic N) is 3. The number of barbiturate groups is 1. The van der Waals surface area contributed by atoms with Gasteiger partial charge in [0.2, 0.25) is 5.91 Å². The number of imide groups is 2. The summed E-state index contributed by atoms with van der Waals surface area (Å²) in [4.78, 5) is 44.3. The second-order valence-corrected chi connectivity index (χ2v) is 6.49. The van der Waals surface area contributed by atoms with Crippen molar-refractivity contribution >= 4 is 40.8 Å². The Morgan fingerprint density at radius 2 is 1.88 bits per heavy atom. The molecule has 1 aliphatic rings. The van der Waals surface area contributed by atoms with E-state index in [1.165, 1.54) is 0 Å². The van der Waals surface area contributed by atoms with Crippen LogP contribution in [-0.4, -0.2) is 55.6 Å². The molecule has 134 valence electrons. The molecule has 0 radical (unpaired) electrons. The zero-order valence-corrected chi connectivity index (χ0v) is 15.2. The first-order chi connectivity index (χ1) is 11.8. The Morgan fingerprint density at radius 1 is 1.24 bits per heavy atom. The molecule has 4 amide bonds. The van der Waals surface area contributed by atoms with Crippen molar-refractivity contribution in [1.29, 1.82) is 0 Å². The van der Waals surface area contributed by atoms with E-state index in [1.807, 2.05) is 19.0 Å². The van der Waals surface area contributed by atoms with Crippen LogP contribution in [0.3, 0.4) is 0 Å². The Morgan fingerprint density at radius 3 is 2.48 bits per heavy atom. The van der Waals surface area contributed by atoms with Crippen LogP contribution in [0, 0.1) is 5.92 Å². The number of rotatable bonds is 6. The molecule has 0 bridgehead atoms. The average molecular weight is 365 g/mol. The normalized spacial score (nSPS) is 18.8. The van der Waals surface area contributed by atoms with Crippen molar-refractivity contribution in [2.75, 3.05) is 32.1 Å². The highest BCUT2D eigenvalue weighted by molar-refractivity contribution is 6.35. The lowest BCUT2D eigenvalue weighted by atomic mass is 9.99. The molecular weight excluding hydrogens is 344 g/mol. The number of benzene rings is 1. The molecule has 0 aliphatic carbocycles. The van der Waals surface area contributed by atoms with Crippen LogP contribution in [-0.2, 0) is 9.59 Å². The van der Waals surface area contributed by atoms with Crippen molar-refractivity contribution in [3.63, 3.8) is 0 Å². The molecule has 1 saturated heterocycles. The van der Waals surface area contributed by atoms with Gasteiger partial charge in [0.15, 0.2) is 5.92 Å². The fourth-order valence-electron chi connectivity index (χ4n) is 2.51. The van der Waals surface area contributed by atoms with E-state index in [1.54, 1.807) is 31.2 Å². The number of carbonyl (C=O) groups excluding carboxylic acids is 3. The van der Waals surface area contributed by atoms with Crippen molar-refractivity contribution in [2.24, 2.45) is 10.9 Å². The third-order valence-corrected chi connectivity index (χ3v) is 4.04. The highest BCUT2D eigenvalue weighted by atomic mass is 35.5. The number of anilines is 1. The molecule has 1 fully saturated rings. The number of hydrogen-bond acceptors (Lipinski definition) is 5. The van der Waals surface area contributed by atoms with Crippen LogP contribution in [0.15, 0.2) is 29.3 Å². The number of hydrogen-bond donors (Lipinski definition) is 1. The third-order valence-electron chi connectivity index (χ3n) is 3.79.